The molecule has 2 rings (SSSR count). The van der Waals surface area contributed by atoms with Gasteiger partial charge in [0.25, 0.3) is 0 Å². The van der Waals surface area contributed by atoms with Crippen molar-refractivity contribution in [3.05, 3.63) is 66.0 Å². The van der Waals surface area contributed by atoms with Gasteiger partial charge in [-0.25, -0.2) is 8.42 Å². The van der Waals surface area contributed by atoms with Crippen LogP contribution in [-0.4, -0.2) is 37.9 Å². The van der Waals surface area contributed by atoms with Gasteiger partial charge in [0.05, 0.1) is 11.7 Å². The number of nitrogens with zero attached hydrogens (tertiary/aromatic N) is 1. The summed E-state index contributed by atoms with van der Waals surface area (Å²) in [6.07, 6.45) is 5.08. The average Bonchev–Trinajstić information content (AvgIpc) is 2.53. The first-order chi connectivity index (χ1) is 11.0. The molecule has 23 heavy (non-hydrogen) atoms. The van der Waals surface area contributed by atoms with E-state index >= 15 is 0 Å². The largest absolute Gasteiger partial charge is 0.355 e. The molecule has 0 aliphatic rings. The summed E-state index contributed by atoms with van der Waals surface area (Å²) in [5.41, 5.74) is 1.91. The van der Waals surface area contributed by atoms with Crippen LogP contribution in [0.3, 0.4) is 0 Å². The van der Waals surface area contributed by atoms with Gasteiger partial charge in [-0.1, -0.05) is 30.3 Å². The summed E-state index contributed by atoms with van der Waals surface area (Å²) in [7, 11) is -3.09. The summed E-state index contributed by atoms with van der Waals surface area (Å²) in [4.78, 5) is 16.5. The minimum Gasteiger partial charge on any atom is -0.355 e. The quantitative estimate of drug-likeness (QED) is 0.835. The van der Waals surface area contributed by atoms with E-state index in [2.05, 4.69) is 10.3 Å². The van der Waals surface area contributed by atoms with Gasteiger partial charge < -0.3 is 5.32 Å². The van der Waals surface area contributed by atoms with Gasteiger partial charge in [0.2, 0.25) is 5.91 Å². The van der Waals surface area contributed by atoms with E-state index in [9.17, 15) is 13.2 Å². The number of hydrogen-bond acceptors (Lipinski definition) is 4. The molecular formula is C17H20N2O3S. The fourth-order valence-electron chi connectivity index (χ4n) is 2.28. The molecule has 0 aliphatic heterocycles. The van der Waals surface area contributed by atoms with Crippen molar-refractivity contribution in [2.75, 3.05) is 18.6 Å². The monoisotopic (exact) mass is 332 g/mol. The smallest absolute Gasteiger partial charge is 0.227 e. The Morgan fingerprint density at radius 3 is 2.39 bits per heavy atom. The van der Waals surface area contributed by atoms with Crippen molar-refractivity contribution in [3.63, 3.8) is 0 Å². The van der Waals surface area contributed by atoms with Gasteiger partial charge in [0, 0.05) is 25.2 Å². The summed E-state index contributed by atoms with van der Waals surface area (Å²) < 4.78 is 22.4. The standard InChI is InChI=1S/C17H20N2O3S/c1-23(21,22)12-11-19-17(20)16(15-5-3-2-4-6-15)13-14-7-9-18-10-8-14/h2-10,16H,11-13H2,1H3,(H,19,20). The van der Waals surface area contributed by atoms with Gasteiger partial charge in [-0.05, 0) is 29.7 Å². The average molecular weight is 332 g/mol. The van der Waals surface area contributed by atoms with Gasteiger partial charge in [-0.2, -0.15) is 0 Å². The van der Waals surface area contributed by atoms with Crippen LogP contribution in [0.2, 0.25) is 0 Å². The third-order valence-electron chi connectivity index (χ3n) is 3.48. The zero-order valence-corrected chi connectivity index (χ0v) is 13.8. The highest BCUT2D eigenvalue weighted by Gasteiger charge is 2.21. The van der Waals surface area contributed by atoms with Crippen LogP contribution < -0.4 is 5.32 Å². The first-order valence-corrected chi connectivity index (χ1v) is 9.41. The third kappa shape index (κ3) is 5.83. The number of carbonyl (C=O) groups is 1. The number of benzene rings is 1. The van der Waals surface area contributed by atoms with Crippen LogP contribution in [0, 0.1) is 0 Å². The van der Waals surface area contributed by atoms with Crippen LogP contribution in [0.5, 0.6) is 0 Å². The first-order valence-electron chi connectivity index (χ1n) is 7.35. The van der Waals surface area contributed by atoms with Crippen LogP contribution >= 0.6 is 0 Å². The fourth-order valence-corrected chi connectivity index (χ4v) is 2.76. The second-order valence-corrected chi connectivity index (χ2v) is 7.70. The zero-order chi connectivity index (χ0) is 16.7. The van der Waals surface area contributed by atoms with E-state index in [-0.39, 0.29) is 24.1 Å². The molecule has 0 radical (unpaired) electrons. The molecule has 1 aromatic heterocycles. The van der Waals surface area contributed by atoms with E-state index in [1.54, 1.807) is 12.4 Å². The molecule has 0 fully saturated rings. The van der Waals surface area contributed by atoms with Crippen molar-refractivity contribution in [1.82, 2.24) is 10.3 Å². The number of sulfone groups is 1. The minimum absolute atomic E-state index is 0.0600. The molecule has 122 valence electrons. The van der Waals surface area contributed by atoms with Crippen molar-refractivity contribution in [2.45, 2.75) is 12.3 Å². The summed E-state index contributed by atoms with van der Waals surface area (Å²) in [6, 6.07) is 13.2. The van der Waals surface area contributed by atoms with Crippen molar-refractivity contribution in [3.8, 4) is 0 Å². The molecule has 0 bridgehead atoms. The van der Waals surface area contributed by atoms with Crippen molar-refractivity contribution in [2.24, 2.45) is 0 Å². The molecule has 1 heterocycles. The predicted octanol–water partition coefficient (Wildman–Crippen LogP) is 1.57. The van der Waals surface area contributed by atoms with E-state index in [0.29, 0.717) is 6.42 Å². The molecule has 0 saturated heterocycles. The molecule has 1 N–H and O–H groups in total. The lowest BCUT2D eigenvalue weighted by Gasteiger charge is -2.17. The van der Waals surface area contributed by atoms with Gasteiger partial charge in [-0.3, -0.25) is 9.78 Å². The highest BCUT2D eigenvalue weighted by molar-refractivity contribution is 7.90. The molecule has 2 aromatic rings. The normalized spacial score (nSPS) is 12.6. The number of amides is 1. The Bertz CT molecular complexity index is 731. The lowest BCUT2D eigenvalue weighted by molar-refractivity contribution is -0.122. The van der Waals surface area contributed by atoms with Crippen molar-refractivity contribution < 1.29 is 13.2 Å². The van der Waals surface area contributed by atoms with Crippen LogP contribution in [0.1, 0.15) is 17.0 Å². The molecule has 6 heteroatoms. The molecular weight excluding hydrogens is 312 g/mol. The maximum Gasteiger partial charge on any atom is 0.227 e. The summed E-state index contributed by atoms with van der Waals surface area (Å²) >= 11 is 0. The third-order valence-corrected chi connectivity index (χ3v) is 4.43. The van der Waals surface area contributed by atoms with E-state index in [0.717, 1.165) is 17.4 Å². The molecule has 1 amide bonds. The highest BCUT2D eigenvalue weighted by atomic mass is 32.2. The fraction of sp³-hybridized carbons (Fsp3) is 0.294. The molecule has 1 aromatic carbocycles. The van der Waals surface area contributed by atoms with E-state index in [1.165, 1.54) is 0 Å². The second kappa shape index (κ2) is 7.87. The lowest BCUT2D eigenvalue weighted by atomic mass is 9.91. The Balaban J connectivity index is 2.12. The number of nitrogens with one attached hydrogen (secondary N) is 1. The number of hydrogen-bond donors (Lipinski definition) is 1. The van der Waals surface area contributed by atoms with E-state index in [1.807, 2.05) is 42.5 Å². The van der Waals surface area contributed by atoms with E-state index < -0.39 is 9.84 Å². The Labute approximate surface area is 136 Å². The second-order valence-electron chi connectivity index (χ2n) is 5.44. The van der Waals surface area contributed by atoms with E-state index in [4.69, 9.17) is 0 Å². The zero-order valence-electron chi connectivity index (χ0n) is 13.0. The van der Waals surface area contributed by atoms with Crippen LogP contribution in [0.15, 0.2) is 54.9 Å². The molecule has 0 saturated carbocycles. The predicted molar refractivity (Wildman–Crippen MR) is 89.8 cm³/mol. The van der Waals surface area contributed by atoms with Gasteiger partial charge in [0.1, 0.15) is 9.84 Å². The van der Waals surface area contributed by atoms with Gasteiger partial charge in [-0.15, -0.1) is 0 Å². The number of rotatable bonds is 7. The topological polar surface area (TPSA) is 76.1 Å². The molecule has 0 aliphatic carbocycles. The van der Waals surface area contributed by atoms with Crippen LogP contribution in [0.4, 0.5) is 0 Å². The van der Waals surface area contributed by atoms with Gasteiger partial charge >= 0.3 is 0 Å². The number of aromatic nitrogens is 1. The summed E-state index contributed by atoms with van der Waals surface area (Å²) in [5, 5.41) is 2.72. The Morgan fingerprint density at radius 1 is 1.13 bits per heavy atom. The van der Waals surface area contributed by atoms with Crippen molar-refractivity contribution >= 4 is 15.7 Å². The van der Waals surface area contributed by atoms with Gasteiger partial charge in [0.15, 0.2) is 0 Å². The molecule has 1 atom stereocenters. The SMILES string of the molecule is CS(=O)(=O)CCNC(=O)C(Cc1ccncc1)c1ccccc1. The Hall–Kier alpha value is -2.21. The van der Waals surface area contributed by atoms with Crippen molar-refractivity contribution in [1.29, 1.82) is 0 Å². The molecule has 1 unspecified atom stereocenters. The summed E-state index contributed by atoms with van der Waals surface area (Å²) in [5.74, 6) is -0.593. The Kier molecular flexibility index (Phi) is 5.87. The first kappa shape index (κ1) is 17.1. The number of carbonyl (C=O) groups excluding carboxylic acids is 1. The Morgan fingerprint density at radius 2 is 1.78 bits per heavy atom. The summed E-state index contributed by atoms with van der Waals surface area (Å²) in [6.45, 7) is 0.122. The molecule has 5 nitrogen and oxygen atoms in total. The number of pyridine rings is 1. The lowest BCUT2D eigenvalue weighted by Crippen LogP contribution is -2.34. The maximum absolute atomic E-state index is 12.5. The van der Waals surface area contributed by atoms with Crippen LogP contribution in [0.25, 0.3) is 0 Å². The highest BCUT2D eigenvalue weighted by Crippen LogP contribution is 2.21. The molecule has 0 spiro atoms. The minimum atomic E-state index is -3.09. The maximum atomic E-state index is 12.5. The van der Waals surface area contributed by atoms with Crippen LogP contribution in [-0.2, 0) is 21.1 Å².